The minimum atomic E-state index is -0.312. The van der Waals surface area contributed by atoms with Crippen LogP contribution in [-0.4, -0.2) is 11.5 Å². The van der Waals surface area contributed by atoms with E-state index < -0.39 is 0 Å². The molecule has 106 valence electrons. The lowest BCUT2D eigenvalue weighted by molar-refractivity contribution is 0.623. The Morgan fingerprint density at radius 3 is 2.62 bits per heavy atom. The molecule has 1 heterocycles. The van der Waals surface area contributed by atoms with E-state index in [0.717, 1.165) is 10.0 Å². The van der Waals surface area contributed by atoms with Gasteiger partial charge in [0.25, 0.3) is 0 Å². The van der Waals surface area contributed by atoms with E-state index in [9.17, 15) is 4.39 Å². The molecule has 3 nitrogen and oxygen atoms in total. The predicted octanol–water partition coefficient (Wildman–Crippen LogP) is 3.84. The predicted molar refractivity (Wildman–Crippen MR) is 86.1 cm³/mol. The number of amidine groups is 1. The highest BCUT2D eigenvalue weighted by Gasteiger charge is 2.26. The second kappa shape index (κ2) is 5.77. The summed E-state index contributed by atoms with van der Waals surface area (Å²) in [5.41, 5.74) is 7.92. The van der Waals surface area contributed by atoms with Gasteiger partial charge in [0, 0.05) is 22.4 Å². The highest BCUT2D eigenvalue weighted by molar-refractivity contribution is 9.10. The van der Waals surface area contributed by atoms with Crippen molar-refractivity contribution in [2.24, 2.45) is 15.9 Å². The Morgan fingerprint density at radius 2 is 1.86 bits per heavy atom. The molecule has 5 heteroatoms. The number of benzene rings is 2. The summed E-state index contributed by atoms with van der Waals surface area (Å²) in [7, 11) is 0. The average Bonchev–Trinajstić information content (AvgIpc) is 2.51. The molecule has 3 rings (SSSR count). The van der Waals surface area contributed by atoms with Gasteiger partial charge in [-0.25, -0.2) is 4.39 Å². The second-order valence-electron chi connectivity index (χ2n) is 4.87. The molecule has 0 radical (unpaired) electrons. The second-order valence-corrected chi connectivity index (χ2v) is 5.78. The van der Waals surface area contributed by atoms with Crippen molar-refractivity contribution in [3.8, 4) is 0 Å². The van der Waals surface area contributed by atoms with Gasteiger partial charge in [-0.15, -0.1) is 5.10 Å². The van der Waals surface area contributed by atoms with Gasteiger partial charge in [-0.3, -0.25) is 0 Å². The highest BCUT2D eigenvalue weighted by atomic mass is 79.9. The monoisotopic (exact) mass is 345 g/mol. The van der Waals surface area contributed by atoms with Crippen LogP contribution in [0.3, 0.4) is 0 Å². The summed E-state index contributed by atoms with van der Waals surface area (Å²) in [6, 6.07) is 14.6. The van der Waals surface area contributed by atoms with Crippen molar-refractivity contribution in [3.63, 3.8) is 0 Å². The molecule has 1 aliphatic heterocycles. The zero-order chi connectivity index (χ0) is 14.8. The van der Waals surface area contributed by atoms with Gasteiger partial charge in [-0.1, -0.05) is 46.3 Å². The summed E-state index contributed by atoms with van der Waals surface area (Å²) in [5, 5.41) is 8.09. The molecule has 1 aliphatic rings. The molecule has 1 atom stereocenters. The van der Waals surface area contributed by atoms with Crippen LogP contribution >= 0.6 is 15.9 Å². The zero-order valence-corrected chi connectivity index (χ0v) is 12.7. The van der Waals surface area contributed by atoms with Crippen molar-refractivity contribution in [1.82, 2.24) is 0 Å². The van der Waals surface area contributed by atoms with E-state index >= 15 is 0 Å². The molecule has 0 aromatic heterocycles. The maximum atomic E-state index is 14.2. The lowest BCUT2D eigenvalue weighted by atomic mass is 9.86. The van der Waals surface area contributed by atoms with Crippen LogP contribution in [0, 0.1) is 5.82 Å². The van der Waals surface area contributed by atoms with Gasteiger partial charge in [0.05, 0.1) is 5.71 Å². The van der Waals surface area contributed by atoms with Crippen molar-refractivity contribution in [1.29, 1.82) is 0 Å². The fourth-order valence-electron chi connectivity index (χ4n) is 2.43. The third kappa shape index (κ3) is 2.88. The third-order valence-electron chi connectivity index (χ3n) is 3.44. The molecule has 2 aromatic carbocycles. The number of hydrogen-bond acceptors (Lipinski definition) is 3. The number of nitrogens with zero attached hydrogens (tertiary/aromatic N) is 2. The molecule has 0 amide bonds. The van der Waals surface area contributed by atoms with E-state index in [4.69, 9.17) is 5.73 Å². The van der Waals surface area contributed by atoms with Crippen molar-refractivity contribution >= 4 is 27.5 Å². The maximum absolute atomic E-state index is 14.2. The fraction of sp³-hybridized carbons (Fsp3) is 0.125. The van der Waals surface area contributed by atoms with Gasteiger partial charge < -0.3 is 5.73 Å². The number of nitrogens with two attached hydrogens (primary N) is 1. The van der Waals surface area contributed by atoms with Crippen molar-refractivity contribution in [3.05, 3.63) is 69.9 Å². The minimum absolute atomic E-state index is 0.0903. The summed E-state index contributed by atoms with van der Waals surface area (Å²) in [5.74, 6) is 0.0593. The molecule has 0 spiro atoms. The SMILES string of the molecule is NC1=NN=C(c2cc(Br)ccc2F)C(c2ccccc2)C1. The molecule has 2 N–H and O–H groups in total. The zero-order valence-electron chi connectivity index (χ0n) is 11.1. The Bertz CT molecular complexity index is 726. The first-order valence-corrected chi connectivity index (χ1v) is 7.34. The van der Waals surface area contributed by atoms with Gasteiger partial charge in [-0.2, -0.15) is 5.10 Å². The molecule has 0 saturated carbocycles. The Hall–Kier alpha value is -2.01. The molecule has 0 fully saturated rings. The van der Waals surface area contributed by atoms with Gasteiger partial charge in [0.15, 0.2) is 0 Å². The first-order chi connectivity index (χ1) is 10.1. The van der Waals surface area contributed by atoms with Crippen molar-refractivity contribution < 1.29 is 4.39 Å². The lowest BCUT2D eigenvalue weighted by Crippen LogP contribution is -2.26. The van der Waals surface area contributed by atoms with E-state index in [1.807, 2.05) is 30.3 Å². The number of halogens is 2. The Morgan fingerprint density at radius 1 is 1.10 bits per heavy atom. The minimum Gasteiger partial charge on any atom is -0.386 e. The molecule has 1 unspecified atom stereocenters. The van der Waals surface area contributed by atoms with Gasteiger partial charge in [0.2, 0.25) is 0 Å². The van der Waals surface area contributed by atoms with Crippen LogP contribution in [0.15, 0.2) is 63.2 Å². The normalized spacial score (nSPS) is 18.1. The number of hydrogen-bond donors (Lipinski definition) is 1. The highest BCUT2D eigenvalue weighted by Crippen LogP contribution is 2.30. The summed E-state index contributed by atoms with van der Waals surface area (Å²) in [6.07, 6.45) is 0.537. The number of rotatable bonds is 2. The molecule has 2 aromatic rings. The quantitative estimate of drug-likeness (QED) is 0.883. The Labute approximate surface area is 130 Å². The third-order valence-corrected chi connectivity index (χ3v) is 3.93. The van der Waals surface area contributed by atoms with Crippen LogP contribution in [0.5, 0.6) is 0 Å². The first kappa shape index (κ1) is 13.9. The van der Waals surface area contributed by atoms with Crippen LogP contribution < -0.4 is 5.73 Å². The maximum Gasteiger partial charge on any atom is 0.132 e. The molecular formula is C16H13BrFN3. The van der Waals surface area contributed by atoms with Gasteiger partial charge in [0.1, 0.15) is 11.7 Å². The molecular weight excluding hydrogens is 333 g/mol. The summed E-state index contributed by atoms with van der Waals surface area (Å²) >= 11 is 3.37. The van der Waals surface area contributed by atoms with Gasteiger partial charge in [-0.05, 0) is 23.8 Å². The van der Waals surface area contributed by atoms with E-state index in [-0.39, 0.29) is 11.7 Å². The van der Waals surface area contributed by atoms with E-state index in [2.05, 4.69) is 26.1 Å². The van der Waals surface area contributed by atoms with Crippen molar-refractivity contribution in [2.45, 2.75) is 12.3 Å². The molecule has 21 heavy (non-hydrogen) atoms. The standard InChI is InChI=1S/C16H13BrFN3/c17-11-6-7-14(18)13(8-11)16-12(9-15(19)20-21-16)10-4-2-1-3-5-10/h1-8,12H,9H2,(H2,19,20). The fourth-order valence-corrected chi connectivity index (χ4v) is 2.79. The largest absolute Gasteiger partial charge is 0.386 e. The molecule has 0 saturated heterocycles. The smallest absolute Gasteiger partial charge is 0.132 e. The van der Waals surface area contributed by atoms with Crippen LogP contribution in [0.25, 0.3) is 0 Å². The van der Waals surface area contributed by atoms with Crippen LogP contribution in [-0.2, 0) is 0 Å². The lowest BCUT2D eigenvalue weighted by Gasteiger charge is -2.22. The average molecular weight is 346 g/mol. The summed E-state index contributed by atoms with van der Waals surface area (Å²) < 4.78 is 15.0. The van der Waals surface area contributed by atoms with Gasteiger partial charge >= 0.3 is 0 Å². The topological polar surface area (TPSA) is 50.7 Å². The van der Waals surface area contributed by atoms with Crippen LogP contribution in [0.4, 0.5) is 4.39 Å². The van der Waals surface area contributed by atoms with Crippen molar-refractivity contribution in [2.75, 3.05) is 0 Å². The van der Waals surface area contributed by atoms with E-state index in [0.29, 0.717) is 23.5 Å². The van der Waals surface area contributed by atoms with E-state index in [1.165, 1.54) is 6.07 Å². The van der Waals surface area contributed by atoms with Crippen LogP contribution in [0.2, 0.25) is 0 Å². The summed E-state index contributed by atoms with van der Waals surface area (Å²) in [4.78, 5) is 0. The Balaban J connectivity index is 2.11. The summed E-state index contributed by atoms with van der Waals surface area (Å²) in [6.45, 7) is 0. The van der Waals surface area contributed by atoms with E-state index in [1.54, 1.807) is 12.1 Å². The van der Waals surface area contributed by atoms with Crippen LogP contribution in [0.1, 0.15) is 23.5 Å². The Kier molecular flexibility index (Phi) is 3.84. The first-order valence-electron chi connectivity index (χ1n) is 6.55. The molecule has 0 aliphatic carbocycles. The molecule has 0 bridgehead atoms.